The van der Waals surface area contributed by atoms with E-state index in [0.717, 1.165) is 6.07 Å². The fourth-order valence-electron chi connectivity index (χ4n) is 1.27. The van der Waals surface area contributed by atoms with Gasteiger partial charge in [0.1, 0.15) is 0 Å². The van der Waals surface area contributed by atoms with Crippen LogP contribution in [0.4, 0.5) is 0 Å². The van der Waals surface area contributed by atoms with Gasteiger partial charge in [0.2, 0.25) is 5.88 Å². The molecule has 0 aromatic carbocycles. The predicted molar refractivity (Wildman–Crippen MR) is 63.7 cm³/mol. The molecule has 2 aromatic heterocycles. The third-order valence-electron chi connectivity index (χ3n) is 1.92. The number of hydrogen-bond acceptors (Lipinski definition) is 5. The predicted octanol–water partition coefficient (Wildman–Crippen LogP) is -1.66. The minimum Gasteiger partial charge on any atom is -0.493 e. The van der Waals surface area contributed by atoms with Crippen LogP contribution in [0.5, 0.6) is 5.88 Å². The van der Waals surface area contributed by atoms with Crippen LogP contribution < -0.4 is 22.0 Å². The summed E-state index contributed by atoms with van der Waals surface area (Å²) in [5.74, 6) is -0.533. The molecule has 16 heavy (non-hydrogen) atoms. The van der Waals surface area contributed by atoms with E-state index in [-0.39, 0.29) is 10.9 Å². The highest BCUT2D eigenvalue weighted by Crippen LogP contribution is 1.96. The van der Waals surface area contributed by atoms with Crippen molar-refractivity contribution in [2.45, 2.75) is 0 Å². The van der Waals surface area contributed by atoms with E-state index < -0.39 is 22.7 Å². The van der Waals surface area contributed by atoms with Crippen molar-refractivity contribution in [3.8, 4) is 5.88 Å². The molecule has 0 amide bonds. The van der Waals surface area contributed by atoms with Gasteiger partial charge in [-0.05, 0) is 4.08 Å². The quantitative estimate of drug-likeness (QED) is 0.562. The highest BCUT2D eigenvalue weighted by Gasteiger charge is 2.08. The van der Waals surface area contributed by atoms with Crippen LogP contribution in [0.15, 0.2) is 20.4 Å². The molecule has 2 aromatic rings. The topological polar surface area (TPSA) is 105 Å². The van der Waals surface area contributed by atoms with Crippen LogP contribution in [-0.2, 0) is 0 Å². The van der Waals surface area contributed by atoms with Gasteiger partial charge < -0.3 is 5.11 Å². The first-order chi connectivity index (χ1) is 7.54. The summed E-state index contributed by atoms with van der Waals surface area (Å²) in [5, 5.41) is 9.21. The van der Waals surface area contributed by atoms with Gasteiger partial charge in [0, 0.05) is 0 Å². The molecule has 2 heterocycles. The second-order valence-corrected chi connectivity index (χ2v) is 3.52. The Morgan fingerprint density at radius 2 is 2.12 bits per heavy atom. The van der Waals surface area contributed by atoms with Crippen LogP contribution in [-0.4, -0.2) is 19.5 Å². The third-order valence-corrected chi connectivity index (χ3v) is 2.55. The minimum atomic E-state index is -0.875. The molecule has 0 atom stereocenters. The Morgan fingerprint density at radius 3 is 2.75 bits per heavy atom. The molecule has 0 radical (unpaired) electrons. The van der Waals surface area contributed by atoms with Gasteiger partial charge in [-0.1, -0.05) is 22.6 Å². The van der Waals surface area contributed by atoms with E-state index in [9.17, 15) is 14.4 Å². The van der Waals surface area contributed by atoms with E-state index in [1.54, 1.807) is 22.6 Å². The van der Waals surface area contributed by atoms with E-state index in [0.29, 0.717) is 4.40 Å². The zero-order valence-corrected chi connectivity index (χ0v) is 9.76. The summed E-state index contributed by atoms with van der Waals surface area (Å²) in [5.41, 5.74) is -2.44. The second kappa shape index (κ2) is 3.70. The second-order valence-electron chi connectivity index (χ2n) is 2.89. The molecule has 2 rings (SSSR count). The number of nitrogens with one attached hydrogen (secondary N) is 1. The molecule has 7 nitrogen and oxygen atoms in total. The molecule has 0 aliphatic heterocycles. The molecule has 0 bridgehead atoms. The molecule has 0 saturated carbocycles. The van der Waals surface area contributed by atoms with Gasteiger partial charge in [-0.3, -0.25) is 14.6 Å². The van der Waals surface area contributed by atoms with Gasteiger partial charge in [-0.25, -0.2) is 9.20 Å². The summed E-state index contributed by atoms with van der Waals surface area (Å²) >= 11 is 1.78. The molecular weight excluding hydrogens is 329 g/mol. The number of aromatic hydroxyl groups is 1. The van der Waals surface area contributed by atoms with Crippen LogP contribution in [0.25, 0.3) is 9.73 Å². The van der Waals surface area contributed by atoms with E-state index >= 15 is 0 Å². The number of aromatic nitrogens is 3. The molecule has 2 N–H and O–H groups in total. The normalized spacial score (nSPS) is 12.2. The SMILES string of the molecule is O=c1[nH]c(=O)n2c(=O)cc(O)nc2/c1=C/I. The van der Waals surface area contributed by atoms with Gasteiger partial charge in [0.05, 0.1) is 11.3 Å². The molecule has 0 saturated heterocycles. The first-order valence-electron chi connectivity index (χ1n) is 4.04. The number of nitrogens with zero attached hydrogens (tertiary/aromatic N) is 2. The zero-order valence-electron chi connectivity index (χ0n) is 7.60. The number of halogens is 1. The summed E-state index contributed by atoms with van der Waals surface area (Å²) < 4.78 is 2.06. The van der Waals surface area contributed by atoms with Crippen molar-refractivity contribution < 1.29 is 5.11 Å². The number of hydrogen-bond donors (Lipinski definition) is 2. The number of rotatable bonds is 0. The Bertz CT molecular complexity index is 792. The van der Waals surface area contributed by atoms with Crippen molar-refractivity contribution in [1.29, 1.82) is 0 Å². The van der Waals surface area contributed by atoms with Crippen molar-refractivity contribution >= 4 is 32.3 Å². The maximum Gasteiger partial charge on any atom is 0.337 e. The van der Waals surface area contributed by atoms with Gasteiger partial charge in [-0.2, -0.15) is 4.98 Å². The van der Waals surface area contributed by atoms with Crippen molar-refractivity contribution in [1.82, 2.24) is 14.4 Å². The van der Waals surface area contributed by atoms with E-state index in [4.69, 9.17) is 5.11 Å². The summed E-state index contributed by atoms with van der Waals surface area (Å²) in [6.45, 7) is 0. The van der Waals surface area contributed by atoms with Crippen molar-refractivity contribution in [2.24, 2.45) is 0 Å². The lowest BCUT2D eigenvalue weighted by atomic mass is 10.4. The summed E-state index contributed by atoms with van der Waals surface area (Å²) in [4.78, 5) is 39.8. The van der Waals surface area contributed by atoms with Crippen LogP contribution in [0.3, 0.4) is 0 Å². The number of aromatic amines is 1. The zero-order chi connectivity index (χ0) is 11.9. The van der Waals surface area contributed by atoms with Crippen molar-refractivity contribution in [3.05, 3.63) is 42.5 Å². The van der Waals surface area contributed by atoms with Crippen molar-refractivity contribution in [2.75, 3.05) is 0 Å². The van der Waals surface area contributed by atoms with Gasteiger partial charge in [-0.15, -0.1) is 0 Å². The van der Waals surface area contributed by atoms with E-state index in [1.807, 2.05) is 4.98 Å². The van der Waals surface area contributed by atoms with Gasteiger partial charge in [0.25, 0.3) is 11.1 Å². The minimum absolute atomic E-state index is 0.0493. The monoisotopic (exact) mass is 333 g/mol. The standard InChI is InChI=1S/C8H4IN3O4/c9-2-3-6-10-4(13)1-5(14)12(6)8(16)11-7(3)15/h1-2,13H,(H,11,15,16)/b3-2-. The fraction of sp³-hybridized carbons (Fsp3) is 0. The Labute approximate surface area is 100 Å². The van der Waals surface area contributed by atoms with Crippen LogP contribution in [0.2, 0.25) is 0 Å². The van der Waals surface area contributed by atoms with Crippen molar-refractivity contribution in [3.63, 3.8) is 0 Å². The fourth-order valence-corrected chi connectivity index (χ4v) is 1.83. The highest BCUT2D eigenvalue weighted by molar-refractivity contribution is 14.1. The molecule has 0 aliphatic rings. The Balaban J connectivity index is 3.33. The van der Waals surface area contributed by atoms with Crippen LogP contribution >= 0.6 is 22.6 Å². The third kappa shape index (κ3) is 1.50. The Hall–Kier alpha value is -1.71. The maximum atomic E-state index is 11.4. The number of H-pyrrole nitrogens is 1. The summed E-state index contributed by atoms with van der Waals surface area (Å²) in [7, 11) is 0. The lowest BCUT2D eigenvalue weighted by Crippen LogP contribution is -2.42. The largest absolute Gasteiger partial charge is 0.493 e. The van der Waals surface area contributed by atoms with E-state index in [1.165, 1.54) is 4.08 Å². The molecule has 0 aliphatic carbocycles. The first kappa shape index (κ1) is 10.8. The lowest BCUT2D eigenvalue weighted by molar-refractivity contribution is 0.452. The maximum absolute atomic E-state index is 11.4. The van der Waals surface area contributed by atoms with Crippen LogP contribution in [0, 0.1) is 0 Å². The first-order valence-corrected chi connectivity index (χ1v) is 5.28. The Morgan fingerprint density at radius 1 is 1.44 bits per heavy atom. The van der Waals surface area contributed by atoms with Gasteiger partial charge >= 0.3 is 5.69 Å². The van der Waals surface area contributed by atoms with Crippen LogP contribution in [0.1, 0.15) is 0 Å². The smallest absolute Gasteiger partial charge is 0.337 e. The molecule has 8 heteroatoms. The summed E-state index contributed by atoms with van der Waals surface area (Å²) in [6.07, 6.45) is 0. The molecule has 82 valence electrons. The van der Waals surface area contributed by atoms with Gasteiger partial charge in [0.15, 0.2) is 5.65 Å². The number of fused-ring (bicyclic) bond motifs is 1. The Kier molecular flexibility index (Phi) is 2.50. The molecule has 0 fully saturated rings. The average molecular weight is 333 g/mol. The van der Waals surface area contributed by atoms with E-state index in [2.05, 4.69) is 4.98 Å². The average Bonchev–Trinajstić information content (AvgIpc) is 2.15. The highest BCUT2D eigenvalue weighted by atomic mass is 127. The molecule has 0 unspecified atom stereocenters. The molecule has 0 spiro atoms. The summed E-state index contributed by atoms with van der Waals surface area (Å²) in [6, 6.07) is 0.795. The molecular formula is C8H4IN3O4. The lowest BCUT2D eigenvalue weighted by Gasteiger charge is -1.98.